The Morgan fingerprint density at radius 2 is 2.50 bits per heavy atom. The summed E-state index contributed by atoms with van der Waals surface area (Å²) in [7, 11) is 0. The second-order valence-corrected chi connectivity index (χ2v) is 4.12. The van der Waals surface area contributed by atoms with Gasteiger partial charge in [-0.05, 0) is 19.4 Å². The lowest BCUT2D eigenvalue weighted by atomic mass is 10.0. The number of hydrogen-bond donors (Lipinski definition) is 1. The standard InChI is InChI=1S/C7H11NOS/c9-5-4-10-6-2-1-3-8-7(5)6/h6-8H,1-4H2. The van der Waals surface area contributed by atoms with Crippen LogP contribution in [0.3, 0.4) is 0 Å². The maximum atomic E-state index is 11.1. The number of fused-ring (bicyclic) bond motifs is 1. The van der Waals surface area contributed by atoms with Gasteiger partial charge < -0.3 is 5.32 Å². The summed E-state index contributed by atoms with van der Waals surface area (Å²) in [4.78, 5) is 11.1. The first kappa shape index (κ1) is 6.68. The van der Waals surface area contributed by atoms with Crippen LogP contribution in [0.5, 0.6) is 0 Å². The molecular weight excluding hydrogens is 146 g/mol. The van der Waals surface area contributed by atoms with E-state index < -0.39 is 0 Å². The molecule has 10 heavy (non-hydrogen) atoms. The third-order valence-corrected chi connectivity index (χ3v) is 3.58. The van der Waals surface area contributed by atoms with Crippen molar-refractivity contribution in [2.75, 3.05) is 12.3 Å². The fourth-order valence-corrected chi connectivity index (χ4v) is 2.97. The quantitative estimate of drug-likeness (QED) is 0.552. The average molecular weight is 157 g/mol. The predicted molar refractivity (Wildman–Crippen MR) is 42.3 cm³/mol. The van der Waals surface area contributed by atoms with Gasteiger partial charge in [0.25, 0.3) is 0 Å². The molecule has 1 N–H and O–H groups in total. The molecule has 3 heteroatoms. The molecule has 2 heterocycles. The van der Waals surface area contributed by atoms with Crippen LogP contribution in [0.15, 0.2) is 0 Å². The molecule has 0 aromatic carbocycles. The Kier molecular flexibility index (Phi) is 1.70. The Balaban J connectivity index is 2.08. The van der Waals surface area contributed by atoms with E-state index in [9.17, 15) is 4.79 Å². The minimum Gasteiger partial charge on any atom is -0.307 e. The predicted octanol–water partition coefficient (Wildman–Crippen LogP) is 0.423. The summed E-state index contributed by atoms with van der Waals surface area (Å²) >= 11 is 1.82. The van der Waals surface area contributed by atoms with Gasteiger partial charge in [-0.2, -0.15) is 0 Å². The fourth-order valence-electron chi connectivity index (χ4n) is 1.64. The molecule has 2 nitrogen and oxygen atoms in total. The van der Waals surface area contributed by atoms with Gasteiger partial charge in [-0.25, -0.2) is 0 Å². The Bertz CT molecular complexity index is 160. The SMILES string of the molecule is O=C1CSC2CCCNC12. The number of carbonyl (C=O) groups is 1. The number of piperidine rings is 1. The Morgan fingerprint density at radius 1 is 1.60 bits per heavy atom. The lowest BCUT2D eigenvalue weighted by Crippen LogP contribution is -2.44. The van der Waals surface area contributed by atoms with Crippen LogP contribution in [-0.2, 0) is 4.79 Å². The molecule has 0 aromatic heterocycles. The van der Waals surface area contributed by atoms with Crippen molar-refractivity contribution in [2.45, 2.75) is 24.1 Å². The lowest BCUT2D eigenvalue weighted by molar-refractivity contribution is -0.118. The van der Waals surface area contributed by atoms with E-state index in [-0.39, 0.29) is 6.04 Å². The number of Topliss-reactive ketones (excluding diaryl/α,β-unsaturated/α-hetero) is 1. The first-order chi connectivity index (χ1) is 4.88. The van der Waals surface area contributed by atoms with Crippen LogP contribution in [0, 0.1) is 0 Å². The normalized spacial score (nSPS) is 39.8. The van der Waals surface area contributed by atoms with Crippen molar-refractivity contribution in [2.24, 2.45) is 0 Å². The van der Waals surface area contributed by atoms with E-state index >= 15 is 0 Å². The molecule has 2 aliphatic heterocycles. The largest absolute Gasteiger partial charge is 0.307 e. The first-order valence-electron chi connectivity index (χ1n) is 3.75. The van der Waals surface area contributed by atoms with Gasteiger partial charge >= 0.3 is 0 Å². The molecule has 0 bridgehead atoms. The topological polar surface area (TPSA) is 29.1 Å². The smallest absolute Gasteiger partial charge is 0.160 e. The first-order valence-corrected chi connectivity index (χ1v) is 4.80. The number of rotatable bonds is 0. The van der Waals surface area contributed by atoms with Crippen LogP contribution >= 0.6 is 11.8 Å². The number of hydrogen-bond acceptors (Lipinski definition) is 3. The summed E-state index contributed by atoms with van der Waals surface area (Å²) in [5, 5.41) is 3.86. The van der Waals surface area contributed by atoms with E-state index in [1.54, 1.807) is 0 Å². The second kappa shape index (κ2) is 2.55. The number of ketones is 1. The molecule has 2 saturated heterocycles. The van der Waals surface area contributed by atoms with Gasteiger partial charge in [0.2, 0.25) is 0 Å². The summed E-state index contributed by atoms with van der Waals surface area (Å²) in [6.07, 6.45) is 2.47. The van der Waals surface area contributed by atoms with Gasteiger partial charge in [-0.1, -0.05) is 0 Å². The van der Waals surface area contributed by atoms with Gasteiger partial charge in [0.05, 0.1) is 11.8 Å². The van der Waals surface area contributed by atoms with Crippen molar-refractivity contribution >= 4 is 17.5 Å². The average Bonchev–Trinajstić information content (AvgIpc) is 2.34. The van der Waals surface area contributed by atoms with Crippen molar-refractivity contribution in [3.05, 3.63) is 0 Å². The zero-order chi connectivity index (χ0) is 6.97. The highest BCUT2D eigenvalue weighted by molar-refractivity contribution is 8.01. The van der Waals surface area contributed by atoms with E-state index in [1.807, 2.05) is 11.8 Å². The fraction of sp³-hybridized carbons (Fsp3) is 0.857. The number of nitrogens with one attached hydrogen (secondary N) is 1. The van der Waals surface area contributed by atoms with Crippen LogP contribution < -0.4 is 5.32 Å². The summed E-state index contributed by atoms with van der Waals surface area (Å²) in [6.45, 7) is 1.04. The maximum absolute atomic E-state index is 11.1. The Hall–Kier alpha value is -0.0200. The minimum absolute atomic E-state index is 0.207. The monoisotopic (exact) mass is 157 g/mol. The summed E-state index contributed by atoms with van der Waals surface area (Å²) in [6, 6.07) is 0.207. The molecule has 0 radical (unpaired) electrons. The second-order valence-electron chi connectivity index (χ2n) is 2.89. The van der Waals surface area contributed by atoms with Crippen molar-refractivity contribution in [1.29, 1.82) is 0 Å². The summed E-state index contributed by atoms with van der Waals surface area (Å²) < 4.78 is 0. The van der Waals surface area contributed by atoms with Crippen LogP contribution in [0.25, 0.3) is 0 Å². The third-order valence-electron chi connectivity index (χ3n) is 2.19. The van der Waals surface area contributed by atoms with E-state index in [4.69, 9.17) is 0 Å². The van der Waals surface area contributed by atoms with Crippen molar-refractivity contribution < 1.29 is 4.79 Å². The van der Waals surface area contributed by atoms with Crippen molar-refractivity contribution in [1.82, 2.24) is 5.32 Å². The molecule has 0 spiro atoms. The van der Waals surface area contributed by atoms with E-state index in [0.717, 1.165) is 12.3 Å². The van der Waals surface area contributed by atoms with E-state index in [2.05, 4.69) is 5.32 Å². The summed E-state index contributed by atoms with van der Waals surface area (Å²) in [5.74, 6) is 1.15. The zero-order valence-corrected chi connectivity index (χ0v) is 6.62. The van der Waals surface area contributed by atoms with Gasteiger partial charge in [-0.15, -0.1) is 11.8 Å². The molecule has 2 fully saturated rings. The van der Waals surface area contributed by atoms with Crippen molar-refractivity contribution in [3.63, 3.8) is 0 Å². The lowest BCUT2D eigenvalue weighted by Gasteiger charge is -2.23. The summed E-state index contributed by atoms with van der Waals surface area (Å²) in [5.41, 5.74) is 0. The molecule has 2 rings (SSSR count). The van der Waals surface area contributed by atoms with Gasteiger partial charge in [0, 0.05) is 5.25 Å². The molecule has 0 aliphatic carbocycles. The van der Waals surface area contributed by atoms with Crippen LogP contribution in [-0.4, -0.2) is 29.4 Å². The highest BCUT2D eigenvalue weighted by atomic mass is 32.2. The van der Waals surface area contributed by atoms with Gasteiger partial charge in [0.1, 0.15) is 0 Å². The molecule has 0 amide bonds. The highest BCUT2D eigenvalue weighted by Gasteiger charge is 2.36. The Labute approximate surface area is 64.8 Å². The van der Waals surface area contributed by atoms with Crippen LogP contribution in [0.1, 0.15) is 12.8 Å². The van der Waals surface area contributed by atoms with Crippen molar-refractivity contribution in [3.8, 4) is 0 Å². The minimum atomic E-state index is 0.207. The Morgan fingerprint density at radius 3 is 3.30 bits per heavy atom. The third kappa shape index (κ3) is 0.974. The van der Waals surface area contributed by atoms with Gasteiger partial charge in [0.15, 0.2) is 5.78 Å². The van der Waals surface area contributed by atoms with E-state index in [1.165, 1.54) is 12.8 Å². The number of carbonyl (C=O) groups excluding carboxylic acids is 1. The van der Waals surface area contributed by atoms with Crippen LogP contribution in [0.4, 0.5) is 0 Å². The molecule has 2 unspecified atom stereocenters. The molecule has 2 aliphatic rings. The molecule has 0 aromatic rings. The molecule has 56 valence electrons. The van der Waals surface area contributed by atoms with Crippen LogP contribution in [0.2, 0.25) is 0 Å². The number of thioether (sulfide) groups is 1. The zero-order valence-electron chi connectivity index (χ0n) is 5.80. The molecule has 2 atom stereocenters. The maximum Gasteiger partial charge on any atom is 0.160 e. The van der Waals surface area contributed by atoms with E-state index in [0.29, 0.717) is 11.0 Å². The molecular formula is C7H11NOS. The molecule has 0 saturated carbocycles. The highest BCUT2D eigenvalue weighted by Crippen LogP contribution is 2.30. The van der Waals surface area contributed by atoms with Gasteiger partial charge in [-0.3, -0.25) is 4.79 Å².